The van der Waals surface area contributed by atoms with Crippen molar-refractivity contribution in [2.75, 3.05) is 0 Å². The number of rotatable bonds is 1. The molecule has 2 heterocycles. The van der Waals surface area contributed by atoms with Crippen LogP contribution in [0.3, 0.4) is 0 Å². The van der Waals surface area contributed by atoms with E-state index in [0.29, 0.717) is 27.1 Å². The third kappa shape index (κ3) is 2.18. The van der Waals surface area contributed by atoms with E-state index in [1.54, 1.807) is 30.3 Å². The van der Waals surface area contributed by atoms with Gasteiger partial charge in [0.1, 0.15) is 0 Å². The summed E-state index contributed by atoms with van der Waals surface area (Å²) in [6.45, 7) is 0. The minimum Gasteiger partial charge on any atom is -0.267 e. The number of benzene rings is 1. The van der Waals surface area contributed by atoms with Crippen molar-refractivity contribution in [3.8, 4) is 11.3 Å². The average molecular weight is 297 g/mol. The molecule has 3 rings (SSSR count). The lowest BCUT2D eigenvalue weighted by Gasteiger charge is -1.99. The lowest BCUT2D eigenvalue weighted by molar-refractivity contribution is -0.138. The van der Waals surface area contributed by atoms with Crippen LogP contribution in [0.1, 0.15) is 5.01 Å². The Morgan fingerprint density at radius 3 is 2.50 bits per heavy atom. The molecule has 0 fully saturated rings. The molecular formula is C12H6F3N3OS. The summed E-state index contributed by atoms with van der Waals surface area (Å²) in [6, 6.07) is 9.93. The van der Waals surface area contributed by atoms with Crippen molar-refractivity contribution in [2.45, 2.75) is 6.18 Å². The second-order valence-electron chi connectivity index (χ2n) is 3.94. The van der Waals surface area contributed by atoms with E-state index in [9.17, 15) is 18.0 Å². The van der Waals surface area contributed by atoms with Gasteiger partial charge < -0.3 is 0 Å². The normalized spacial score (nSPS) is 11.9. The number of halogens is 3. The number of nitrogens with zero attached hydrogens (tertiary/aromatic N) is 3. The summed E-state index contributed by atoms with van der Waals surface area (Å²) < 4.78 is 38.4. The summed E-state index contributed by atoms with van der Waals surface area (Å²) in [5.41, 5.74) is 0.350. The first-order valence-corrected chi connectivity index (χ1v) is 6.30. The van der Waals surface area contributed by atoms with Crippen LogP contribution in [0.15, 0.2) is 41.2 Å². The maximum atomic E-state index is 12.6. The minimum absolute atomic E-state index is 0.0799. The molecule has 2 aromatic heterocycles. The molecule has 4 nitrogen and oxygen atoms in total. The van der Waals surface area contributed by atoms with E-state index in [1.807, 2.05) is 0 Å². The van der Waals surface area contributed by atoms with Gasteiger partial charge in [0.25, 0.3) is 5.56 Å². The highest BCUT2D eigenvalue weighted by atomic mass is 32.1. The van der Waals surface area contributed by atoms with Crippen LogP contribution in [-0.4, -0.2) is 14.6 Å². The van der Waals surface area contributed by atoms with E-state index >= 15 is 0 Å². The lowest BCUT2D eigenvalue weighted by Crippen LogP contribution is -2.15. The molecule has 20 heavy (non-hydrogen) atoms. The SMILES string of the molecule is O=c1cc(-c2ccccc2)nc2sc(C(F)(F)F)nn12. The van der Waals surface area contributed by atoms with Crippen LogP contribution in [0.2, 0.25) is 0 Å². The molecule has 3 aromatic rings. The van der Waals surface area contributed by atoms with Crippen molar-refractivity contribution < 1.29 is 13.2 Å². The Balaban J connectivity index is 2.22. The van der Waals surface area contributed by atoms with Gasteiger partial charge in [0.15, 0.2) is 0 Å². The predicted molar refractivity (Wildman–Crippen MR) is 67.6 cm³/mol. The number of aromatic nitrogens is 3. The van der Waals surface area contributed by atoms with Gasteiger partial charge in [-0.3, -0.25) is 4.79 Å². The molecule has 0 saturated carbocycles. The number of fused-ring (bicyclic) bond motifs is 1. The molecule has 0 amide bonds. The van der Waals surface area contributed by atoms with Gasteiger partial charge in [-0.15, -0.1) is 5.10 Å². The van der Waals surface area contributed by atoms with Crippen molar-refractivity contribution >= 4 is 16.3 Å². The summed E-state index contributed by atoms with van der Waals surface area (Å²) >= 11 is 0.343. The Hall–Kier alpha value is -2.22. The number of hydrogen-bond donors (Lipinski definition) is 0. The third-order valence-electron chi connectivity index (χ3n) is 2.56. The molecule has 0 aliphatic heterocycles. The van der Waals surface area contributed by atoms with Crippen molar-refractivity contribution in [2.24, 2.45) is 0 Å². The highest BCUT2D eigenvalue weighted by Gasteiger charge is 2.36. The van der Waals surface area contributed by atoms with E-state index in [2.05, 4.69) is 10.1 Å². The van der Waals surface area contributed by atoms with Gasteiger partial charge in [-0.2, -0.15) is 17.7 Å². The average Bonchev–Trinajstić information content (AvgIpc) is 2.84. The summed E-state index contributed by atoms with van der Waals surface area (Å²) in [4.78, 5) is 15.8. The van der Waals surface area contributed by atoms with Gasteiger partial charge in [-0.1, -0.05) is 41.7 Å². The van der Waals surface area contributed by atoms with Crippen molar-refractivity contribution in [1.82, 2.24) is 14.6 Å². The standard InChI is InChI=1S/C12H6F3N3OS/c13-12(14,15)10-17-18-9(19)6-8(16-11(18)20-10)7-4-2-1-3-5-7/h1-6H. The molecule has 0 atom stereocenters. The van der Waals surface area contributed by atoms with E-state index in [4.69, 9.17) is 0 Å². The van der Waals surface area contributed by atoms with E-state index in [0.717, 1.165) is 0 Å². The summed E-state index contributed by atoms with van der Waals surface area (Å²) in [7, 11) is 0. The van der Waals surface area contributed by atoms with Crippen LogP contribution in [0.25, 0.3) is 16.2 Å². The monoisotopic (exact) mass is 297 g/mol. The first-order valence-electron chi connectivity index (χ1n) is 5.49. The first-order chi connectivity index (χ1) is 9.45. The zero-order valence-electron chi connectivity index (χ0n) is 9.76. The second kappa shape index (κ2) is 4.41. The Morgan fingerprint density at radius 1 is 1.15 bits per heavy atom. The minimum atomic E-state index is -4.59. The van der Waals surface area contributed by atoms with Crippen LogP contribution < -0.4 is 5.56 Å². The molecule has 0 aliphatic rings. The van der Waals surface area contributed by atoms with Crippen LogP contribution in [0, 0.1) is 0 Å². The molecule has 8 heteroatoms. The van der Waals surface area contributed by atoms with Gasteiger partial charge >= 0.3 is 6.18 Å². The van der Waals surface area contributed by atoms with Gasteiger partial charge in [0.2, 0.25) is 9.97 Å². The summed E-state index contributed by atoms with van der Waals surface area (Å²) in [5, 5.41) is 2.16. The Morgan fingerprint density at radius 2 is 1.85 bits per heavy atom. The predicted octanol–water partition coefficient (Wildman–Crippen LogP) is 2.84. The summed E-state index contributed by atoms with van der Waals surface area (Å²) in [5.74, 6) is 0. The highest BCUT2D eigenvalue weighted by molar-refractivity contribution is 7.16. The third-order valence-corrected chi connectivity index (χ3v) is 3.51. The quantitative estimate of drug-likeness (QED) is 0.694. The molecule has 1 aromatic carbocycles. The van der Waals surface area contributed by atoms with Crippen LogP contribution >= 0.6 is 11.3 Å². The Labute approximate surface area is 114 Å². The number of hydrogen-bond acceptors (Lipinski definition) is 4. The van der Waals surface area contributed by atoms with Crippen LogP contribution in [-0.2, 0) is 6.18 Å². The van der Waals surface area contributed by atoms with Gasteiger partial charge in [-0.05, 0) is 0 Å². The fraction of sp³-hybridized carbons (Fsp3) is 0.0833. The maximum absolute atomic E-state index is 12.6. The van der Waals surface area contributed by atoms with Gasteiger partial charge in [0.05, 0.1) is 5.69 Å². The number of alkyl halides is 3. The fourth-order valence-corrected chi connectivity index (χ4v) is 2.45. The van der Waals surface area contributed by atoms with Crippen LogP contribution in [0.5, 0.6) is 0 Å². The Kier molecular flexibility index (Phi) is 2.82. The van der Waals surface area contributed by atoms with E-state index < -0.39 is 16.7 Å². The molecular weight excluding hydrogens is 291 g/mol. The molecule has 0 saturated heterocycles. The van der Waals surface area contributed by atoms with E-state index in [1.165, 1.54) is 6.07 Å². The smallest absolute Gasteiger partial charge is 0.267 e. The maximum Gasteiger partial charge on any atom is 0.445 e. The van der Waals surface area contributed by atoms with Crippen molar-refractivity contribution in [3.05, 3.63) is 51.8 Å². The molecule has 0 bridgehead atoms. The molecule has 102 valence electrons. The molecule has 0 aliphatic carbocycles. The van der Waals surface area contributed by atoms with Gasteiger partial charge in [-0.25, -0.2) is 4.98 Å². The fourth-order valence-electron chi connectivity index (χ4n) is 1.68. The van der Waals surface area contributed by atoms with Gasteiger partial charge in [0, 0.05) is 11.6 Å². The van der Waals surface area contributed by atoms with Crippen LogP contribution in [0.4, 0.5) is 13.2 Å². The molecule has 0 spiro atoms. The summed E-state index contributed by atoms with van der Waals surface area (Å²) in [6.07, 6.45) is -4.59. The molecule has 0 N–H and O–H groups in total. The first kappa shape index (κ1) is 12.8. The topological polar surface area (TPSA) is 47.3 Å². The largest absolute Gasteiger partial charge is 0.445 e. The van der Waals surface area contributed by atoms with Crippen molar-refractivity contribution in [1.29, 1.82) is 0 Å². The molecule has 0 radical (unpaired) electrons. The molecule has 0 unspecified atom stereocenters. The van der Waals surface area contributed by atoms with E-state index in [-0.39, 0.29) is 4.96 Å². The zero-order chi connectivity index (χ0) is 14.3. The highest BCUT2D eigenvalue weighted by Crippen LogP contribution is 2.32. The zero-order valence-corrected chi connectivity index (χ0v) is 10.6. The lowest BCUT2D eigenvalue weighted by atomic mass is 10.1. The Bertz CT molecular complexity index is 823. The second-order valence-corrected chi connectivity index (χ2v) is 4.90. The van der Waals surface area contributed by atoms with Crippen molar-refractivity contribution in [3.63, 3.8) is 0 Å².